The van der Waals surface area contributed by atoms with Crippen LogP contribution in [0.2, 0.25) is 0 Å². The van der Waals surface area contributed by atoms with Crippen molar-refractivity contribution in [2.24, 2.45) is 0 Å². The molecule has 1 aromatic carbocycles. The molecular weight excluding hydrogens is 252 g/mol. The molecule has 1 amide bonds. The Morgan fingerprint density at radius 1 is 1.40 bits per heavy atom. The number of carbonyl (C=O) groups is 1. The maximum Gasteiger partial charge on any atom is 0.237 e. The van der Waals surface area contributed by atoms with E-state index in [1.54, 1.807) is 6.07 Å². The Hall–Kier alpha value is -1.55. The quantitative estimate of drug-likeness (QED) is 0.793. The second kappa shape index (κ2) is 5.44. The zero-order chi connectivity index (χ0) is 14.9. The molecule has 0 spiro atoms. The lowest BCUT2D eigenvalue weighted by Crippen LogP contribution is -2.50. The lowest BCUT2D eigenvalue weighted by molar-refractivity contribution is -0.124. The minimum atomic E-state index is -0.237. The fourth-order valence-electron chi connectivity index (χ4n) is 2.63. The maximum atomic E-state index is 12.1. The molecule has 110 valence electrons. The van der Waals surface area contributed by atoms with Crippen LogP contribution < -0.4 is 10.6 Å². The number of amides is 1. The first kappa shape index (κ1) is 14.9. The second-order valence-electron chi connectivity index (χ2n) is 6.60. The summed E-state index contributed by atoms with van der Waals surface area (Å²) in [4.78, 5) is 12.1. The highest BCUT2D eigenvalue weighted by Gasteiger charge is 2.27. The first-order chi connectivity index (χ1) is 9.26. The number of hydrogen-bond donors (Lipinski definition) is 3. The van der Waals surface area contributed by atoms with Crippen LogP contribution in [0.25, 0.3) is 0 Å². The molecule has 0 aliphatic heterocycles. The van der Waals surface area contributed by atoms with Crippen LogP contribution in [0, 0.1) is 0 Å². The third-order valence-electron chi connectivity index (χ3n) is 3.55. The van der Waals surface area contributed by atoms with Crippen LogP contribution >= 0.6 is 0 Å². The maximum absolute atomic E-state index is 12.1. The normalized spacial score (nSPS) is 19.5. The molecule has 0 bridgehead atoms. The van der Waals surface area contributed by atoms with Gasteiger partial charge in [0.05, 0.1) is 6.04 Å². The average Bonchev–Trinajstić information content (AvgIpc) is 2.69. The van der Waals surface area contributed by atoms with Crippen molar-refractivity contribution >= 4 is 5.91 Å². The lowest BCUT2D eigenvalue weighted by atomic mass is 10.1. The van der Waals surface area contributed by atoms with Crippen LogP contribution in [-0.2, 0) is 11.2 Å². The topological polar surface area (TPSA) is 61.4 Å². The zero-order valence-corrected chi connectivity index (χ0v) is 12.7. The van der Waals surface area contributed by atoms with Crippen molar-refractivity contribution in [3.05, 3.63) is 29.3 Å². The van der Waals surface area contributed by atoms with Gasteiger partial charge in [0.25, 0.3) is 0 Å². The third-order valence-corrected chi connectivity index (χ3v) is 3.55. The molecule has 1 aliphatic rings. The number of nitrogens with one attached hydrogen (secondary N) is 2. The fourth-order valence-corrected chi connectivity index (χ4v) is 2.63. The van der Waals surface area contributed by atoms with Crippen LogP contribution in [0.15, 0.2) is 18.2 Å². The van der Waals surface area contributed by atoms with Crippen molar-refractivity contribution in [2.75, 3.05) is 0 Å². The van der Waals surface area contributed by atoms with Gasteiger partial charge in [-0.05, 0) is 63.8 Å². The van der Waals surface area contributed by atoms with Gasteiger partial charge in [-0.1, -0.05) is 6.07 Å². The van der Waals surface area contributed by atoms with Gasteiger partial charge in [0, 0.05) is 11.6 Å². The Labute approximate surface area is 120 Å². The molecule has 0 radical (unpaired) electrons. The van der Waals surface area contributed by atoms with Gasteiger partial charge in [-0.25, -0.2) is 0 Å². The molecule has 1 aromatic rings. The molecule has 2 rings (SSSR count). The van der Waals surface area contributed by atoms with Crippen molar-refractivity contribution < 1.29 is 9.90 Å². The summed E-state index contributed by atoms with van der Waals surface area (Å²) < 4.78 is 0. The van der Waals surface area contributed by atoms with Gasteiger partial charge in [-0.3, -0.25) is 10.1 Å². The molecule has 0 saturated carbocycles. The Morgan fingerprint density at radius 3 is 2.75 bits per heavy atom. The van der Waals surface area contributed by atoms with Crippen LogP contribution in [0.3, 0.4) is 0 Å². The standard InChI is InChI=1S/C16H24N2O2/c1-10(15(20)18-16(2,3)4)17-14-8-5-11-9-12(19)6-7-13(11)14/h6-7,9-10,14,17,19H,5,8H2,1-4H3,(H,18,20). The summed E-state index contributed by atoms with van der Waals surface area (Å²) in [6, 6.07) is 5.42. The molecule has 4 heteroatoms. The number of hydrogen-bond acceptors (Lipinski definition) is 3. The highest BCUT2D eigenvalue weighted by atomic mass is 16.3. The summed E-state index contributed by atoms with van der Waals surface area (Å²) in [5.41, 5.74) is 2.15. The number of phenolic OH excluding ortho intramolecular Hbond substituents is 1. The average molecular weight is 276 g/mol. The monoisotopic (exact) mass is 276 g/mol. The van der Waals surface area contributed by atoms with E-state index in [2.05, 4.69) is 10.6 Å². The van der Waals surface area contributed by atoms with E-state index in [1.165, 1.54) is 11.1 Å². The molecule has 0 heterocycles. The molecule has 20 heavy (non-hydrogen) atoms. The predicted octanol–water partition coefficient (Wildman–Crippen LogP) is 2.27. The Balaban J connectivity index is 2.01. The molecule has 0 aromatic heterocycles. The minimum absolute atomic E-state index is 0.0183. The molecule has 1 aliphatic carbocycles. The van der Waals surface area contributed by atoms with Gasteiger partial charge < -0.3 is 10.4 Å². The molecule has 4 nitrogen and oxygen atoms in total. The van der Waals surface area contributed by atoms with Crippen molar-refractivity contribution in [3.8, 4) is 5.75 Å². The first-order valence-corrected chi connectivity index (χ1v) is 7.16. The molecule has 3 N–H and O–H groups in total. The Bertz CT molecular complexity index is 506. The van der Waals surface area contributed by atoms with Gasteiger partial charge in [-0.15, -0.1) is 0 Å². The SMILES string of the molecule is CC(NC1CCc2cc(O)ccc21)C(=O)NC(C)(C)C. The largest absolute Gasteiger partial charge is 0.508 e. The molecule has 2 atom stereocenters. The number of carbonyl (C=O) groups excluding carboxylic acids is 1. The van der Waals surface area contributed by atoms with E-state index in [1.807, 2.05) is 39.8 Å². The summed E-state index contributed by atoms with van der Waals surface area (Å²) in [7, 11) is 0. The highest BCUT2D eigenvalue weighted by Crippen LogP contribution is 2.33. The Morgan fingerprint density at radius 2 is 2.10 bits per heavy atom. The van der Waals surface area contributed by atoms with Crippen molar-refractivity contribution in [3.63, 3.8) is 0 Å². The molecule has 0 saturated heterocycles. The number of aryl methyl sites for hydroxylation is 1. The number of aromatic hydroxyl groups is 1. The molecule has 0 fully saturated rings. The minimum Gasteiger partial charge on any atom is -0.508 e. The van der Waals surface area contributed by atoms with Crippen molar-refractivity contribution in [1.82, 2.24) is 10.6 Å². The van der Waals surface area contributed by atoms with Crippen molar-refractivity contribution in [1.29, 1.82) is 0 Å². The smallest absolute Gasteiger partial charge is 0.237 e. The summed E-state index contributed by atoms with van der Waals surface area (Å²) >= 11 is 0. The summed E-state index contributed by atoms with van der Waals surface area (Å²) in [5, 5.41) is 15.9. The van der Waals surface area contributed by atoms with E-state index in [9.17, 15) is 9.90 Å². The number of phenols is 1. The van der Waals surface area contributed by atoms with Crippen molar-refractivity contribution in [2.45, 2.75) is 58.2 Å². The highest BCUT2D eigenvalue weighted by molar-refractivity contribution is 5.82. The van der Waals surface area contributed by atoms with Gasteiger partial charge in [0.15, 0.2) is 0 Å². The third kappa shape index (κ3) is 3.51. The Kier molecular flexibility index (Phi) is 4.04. The van der Waals surface area contributed by atoms with Gasteiger partial charge in [-0.2, -0.15) is 0 Å². The predicted molar refractivity (Wildman–Crippen MR) is 79.7 cm³/mol. The van der Waals surface area contributed by atoms with Crippen LogP contribution in [0.1, 0.15) is 51.3 Å². The number of fused-ring (bicyclic) bond motifs is 1. The number of rotatable bonds is 3. The van der Waals surface area contributed by atoms with Gasteiger partial charge in [0.2, 0.25) is 5.91 Å². The summed E-state index contributed by atoms with van der Waals surface area (Å²) in [5.74, 6) is 0.327. The van der Waals surface area contributed by atoms with Crippen LogP contribution in [0.5, 0.6) is 5.75 Å². The van der Waals surface area contributed by atoms with E-state index < -0.39 is 0 Å². The van der Waals surface area contributed by atoms with Gasteiger partial charge in [0.1, 0.15) is 5.75 Å². The van der Waals surface area contributed by atoms with E-state index in [-0.39, 0.29) is 23.5 Å². The lowest BCUT2D eigenvalue weighted by Gasteiger charge is -2.25. The molecule has 2 unspecified atom stereocenters. The summed E-state index contributed by atoms with van der Waals surface area (Å²) in [6.07, 6.45) is 1.90. The second-order valence-corrected chi connectivity index (χ2v) is 6.60. The molecular formula is C16H24N2O2. The van der Waals surface area contributed by atoms with Crippen LogP contribution in [0.4, 0.5) is 0 Å². The zero-order valence-electron chi connectivity index (χ0n) is 12.7. The van der Waals surface area contributed by atoms with E-state index in [0.29, 0.717) is 5.75 Å². The van der Waals surface area contributed by atoms with Gasteiger partial charge >= 0.3 is 0 Å². The van der Waals surface area contributed by atoms with Crippen LogP contribution in [-0.4, -0.2) is 22.6 Å². The van der Waals surface area contributed by atoms with E-state index in [0.717, 1.165) is 12.8 Å². The number of benzene rings is 1. The first-order valence-electron chi connectivity index (χ1n) is 7.16. The van der Waals surface area contributed by atoms with E-state index >= 15 is 0 Å². The fraction of sp³-hybridized carbons (Fsp3) is 0.562. The van der Waals surface area contributed by atoms with E-state index in [4.69, 9.17) is 0 Å². The summed E-state index contributed by atoms with van der Waals surface area (Å²) in [6.45, 7) is 7.82.